The topological polar surface area (TPSA) is 24.4 Å². The van der Waals surface area contributed by atoms with Crippen LogP contribution in [0.4, 0.5) is 0 Å². The van der Waals surface area contributed by atoms with Crippen LogP contribution in [0, 0.1) is 6.92 Å². The lowest BCUT2D eigenvalue weighted by Crippen LogP contribution is -2.31. The van der Waals surface area contributed by atoms with Gasteiger partial charge < -0.3 is 5.32 Å². The van der Waals surface area contributed by atoms with Crippen molar-refractivity contribution in [2.75, 3.05) is 13.6 Å². The second-order valence-electron chi connectivity index (χ2n) is 3.38. The molecule has 0 fully saturated rings. The molecule has 1 aliphatic rings. The number of hydrogen-bond acceptors (Lipinski definition) is 2. The Hall–Kier alpha value is -1.15. The fraction of sp³-hybridized carbons (Fsp3) is 0.364. The van der Waals surface area contributed by atoms with Crippen molar-refractivity contribution in [3.05, 3.63) is 34.9 Å². The molecule has 0 aromatic heterocycles. The van der Waals surface area contributed by atoms with Crippen molar-refractivity contribution in [3.63, 3.8) is 0 Å². The lowest BCUT2D eigenvalue weighted by Gasteiger charge is -2.20. The smallest absolute Gasteiger partial charge is 0.0561 e. The molecule has 1 N–H and O–H groups in total. The molecule has 1 heterocycles. The van der Waals surface area contributed by atoms with E-state index in [1.54, 1.807) is 0 Å². The Morgan fingerprint density at radius 2 is 2.15 bits per heavy atom. The van der Waals surface area contributed by atoms with Gasteiger partial charge in [0.15, 0.2) is 0 Å². The quantitative estimate of drug-likeness (QED) is 0.633. The van der Waals surface area contributed by atoms with Crippen molar-refractivity contribution < 1.29 is 0 Å². The molecule has 2 heteroatoms. The molecule has 1 aliphatic heterocycles. The van der Waals surface area contributed by atoms with Gasteiger partial charge in [0.2, 0.25) is 0 Å². The SMILES string of the molecule is CN=C1CNCc2cccc(C)c21. The lowest BCUT2D eigenvalue weighted by atomic mass is 9.95. The Bertz CT molecular complexity index is 353. The third-order valence-corrected chi connectivity index (χ3v) is 2.53. The maximum absolute atomic E-state index is 4.30. The van der Waals surface area contributed by atoms with E-state index in [0.29, 0.717) is 0 Å². The molecular weight excluding hydrogens is 160 g/mol. The molecule has 68 valence electrons. The van der Waals surface area contributed by atoms with Gasteiger partial charge >= 0.3 is 0 Å². The van der Waals surface area contributed by atoms with Crippen molar-refractivity contribution in [3.8, 4) is 0 Å². The highest BCUT2D eigenvalue weighted by Crippen LogP contribution is 2.18. The van der Waals surface area contributed by atoms with Gasteiger partial charge in [-0.15, -0.1) is 0 Å². The summed E-state index contributed by atoms with van der Waals surface area (Å²) < 4.78 is 0. The van der Waals surface area contributed by atoms with Crippen LogP contribution in [-0.4, -0.2) is 19.3 Å². The summed E-state index contributed by atoms with van der Waals surface area (Å²) in [6.45, 7) is 4.01. The maximum Gasteiger partial charge on any atom is 0.0561 e. The van der Waals surface area contributed by atoms with Crippen LogP contribution in [0.2, 0.25) is 0 Å². The number of benzene rings is 1. The number of nitrogens with one attached hydrogen (secondary N) is 1. The first kappa shape index (κ1) is 8.45. The van der Waals surface area contributed by atoms with Crippen LogP contribution in [0.15, 0.2) is 23.2 Å². The van der Waals surface area contributed by atoms with E-state index in [1.165, 1.54) is 22.4 Å². The van der Waals surface area contributed by atoms with Crippen molar-refractivity contribution in [1.29, 1.82) is 0 Å². The molecule has 2 rings (SSSR count). The largest absolute Gasteiger partial charge is 0.307 e. The summed E-state index contributed by atoms with van der Waals surface area (Å²) in [4.78, 5) is 4.30. The molecule has 0 saturated carbocycles. The minimum absolute atomic E-state index is 0.897. The first-order valence-corrected chi connectivity index (χ1v) is 4.58. The fourth-order valence-corrected chi connectivity index (χ4v) is 1.88. The minimum atomic E-state index is 0.897. The average Bonchev–Trinajstić information content (AvgIpc) is 2.17. The van der Waals surface area contributed by atoms with Gasteiger partial charge in [-0.25, -0.2) is 0 Å². The number of hydrogen-bond donors (Lipinski definition) is 1. The normalized spacial score (nSPS) is 18.8. The number of nitrogens with zero attached hydrogens (tertiary/aromatic N) is 1. The van der Waals surface area contributed by atoms with Gasteiger partial charge in [-0.05, 0) is 18.1 Å². The Morgan fingerprint density at radius 1 is 1.31 bits per heavy atom. The van der Waals surface area contributed by atoms with Gasteiger partial charge in [0.05, 0.1) is 5.71 Å². The van der Waals surface area contributed by atoms with Gasteiger partial charge in [-0.1, -0.05) is 18.2 Å². The average molecular weight is 174 g/mol. The zero-order chi connectivity index (χ0) is 9.26. The van der Waals surface area contributed by atoms with Crippen molar-refractivity contribution in [1.82, 2.24) is 5.32 Å². The Kier molecular flexibility index (Phi) is 2.15. The Labute approximate surface area is 78.7 Å². The van der Waals surface area contributed by atoms with E-state index in [4.69, 9.17) is 0 Å². The zero-order valence-corrected chi connectivity index (χ0v) is 8.09. The maximum atomic E-state index is 4.30. The highest BCUT2D eigenvalue weighted by atomic mass is 14.9. The number of rotatable bonds is 0. The van der Waals surface area contributed by atoms with Crippen LogP contribution >= 0.6 is 0 Å². The summed E-state index contributed by atoms with van der Waals surface area (Å²) in [7, 11) is 1.86. The molecule has 0 amide bonds. The number of aryl methyl sites for hydroxylation is 1. The van der Waals surface area contributed by atoms with E-state index < -0.39 is 0 Å². The predicted molar refractivity (Wildman–Crippen MR) is 55.3 cm³/mol. The van der Waals surface area contributed by atoms with E-state index >= 15 is 0 Å². The van der Waals surface area contributed by atoms with E-state index in [0.717, 1.165) is 13.1 Å². The summed E-state index contributed by atoms with van der Waals surface area (Å²) >= 11 is 0. The molecule has 0 bridgehead atoms. The van der Waals surface area contributed by atoms with Gasteiger partial charge in [0.1, 0.15) is 0 Å². The van der Waals surface area contributed by atoms with Crippen LogP contribution in [0.1, 0.15) is 16.7 Å². The van der Waals surface area contributed by atoms with E-state index in [-0.39, 0.29) is 0 Å². The molecule has 0 atom stereocenters. The lowest BCUT2D eigenvalue weighted by molar-refractivity contribution is 0.754. The Balaban J connectivity index is 2.60. The molecular formula is C11H14N2. The van der Waals surface area contributed by atoms with Crippen molar-refractivity contribution in [2.45, 2.75) is 13.5 Å². The fourth-order valence-electron chi connectivity index (χ4n) is 1.88. The number of aliphatic imine (C=N–C) groups is 1. The molecule has 0 radical (unpaired) electrons. The highest BCUT2D eigenvalue weighted by molar-refractivity contribution is 6.05. The first-order chi connectivity index (χ1) is 6.33. The van der Waals surface area contributed by atoms with Crippen molar-refractivity contribution in [2.24, 2.45) is 4.99 Å². The second kappa shape index (κ2) is 3.30. The molecule has 0 spiro atoms. The molecule has 2 nitrogen and oxygen atoms in total. The molecule has 0 aliphatic carbocycles. The summed E-state index contributed by atoms with van der Waals surface area (Å²) in [5.41, 5.74) is 5.23. The van der Waals surface area contributed by atoms with Crippen LogP contribution in [-0.2, 0) is 6.54 Å². The number of fused-ring (bicyclic) bond motifs is 1. The van der Waals surface area contributed by atoms with Crippen LogP contribution in [0.3, 0.4) is 0 Å². The predicted octanol–water partition coefficient (Wildman–Crippen LogP) is 1.52. The summed E-state index contributed by atoms with van der Waals surface area (Å²) in [6.07, 6.45) is 0. The monoisotopic (exact) mass is 174 g/mol. The van der Waals surface area contributed by atoms with Gasteiger partial charge in [-0.3, -0.25) is 4.99 Å². The van der Waals surface area contributed by atoms with Gasteiger partial charge in [0, 0.05) is 25.7 Å². The molecule has 1 aromatic carbocycles. The van der Waals surface area contributed by atoms with Gasteiger partial charge in [0.25, 0.3) is 0 Å². The molecule has 0 unspecified atom stereocenters. The van der Waals surface area contributed by atoms with Crippen LogP contribution in [0.5, 0.6) is 0 Å². The first-order valence-electron chi connectivity index (χ1n) is 4.58. The van der Waals surface area contributed by atoms with Crippen molar-refractivity contribution >= 4 is 5.71 Å². The van der Waals surface area contributed by atoms with E-state index in [1.807, 2.05) is 7.05 Å². The summed E-state index contributed by atoms with van der Waals surface area (Å²) in [5.74, 6) is 0. The van der Waals surface area contributed by atoms with Crippen LogP contribution in [0.25, 0.3) is 0 Å². The second-order valence-corrected chi connectivity index (χ2v) is 3.38. The standard InChI is InChI=1S/C11H14N2/c1-8-4-3-5-9-6-13-7-10(12-2)11(8)9/h3-5,13H,6-7H2,1-2H3. The van der Waals surface area contributed by atoms with Gasteiger partial charge in [-0.2, -0.15) is 0 Å². The summed E-state index contributed by atoms with van der Waals surface area (Å²) in [5, 5.41) is 3.34. The van der Waals surface area contributed by atoms with E-state index in [9.17, 15) is 0 Å². The minimum Gasteiger partial charge on any atom is -0.307 e. The highest BCUT2D eigenvalue weighted by Gasteiger charge is 2.15. The molecule has 13 heavy (non-hydrogen) atoms. The molecule has 1 aromatic rings. The van der Waals surface area contributed by atoms with Crippen LogP contribution < -0.4 is 5.32 Å². The zero-order valence-electron chi connectivity index (χ0n) is 8.09. The summed E-state index contributed by atoms with van der Waals surface area (Å²) in [6, 6.07) is 6.42. The third kappa shape index (κ3) is 1.38. The Morgan fingerprint density at radius 3 is 2.92 bits per heavy atom. The third-order valence-electron chi connectivity index (χ3n) is 2.53. The molecule has 0 saturated heterocycles. The van der Waals surface area contributed by atoms with E-state index in [2.05, 4.69) is 35.4 Å².